The van der Waals surface area contributed by atoms with E-state index in [1.54, 1.807) is 6.07 Å². The molecule has 0 saturated carbocycles. The van der Waals surface area contributed by atoms with Gasteiger partial charge in [-0.3, -0.25) is 0 Å². The van der Waals surface area contributed by atoms with E-state index >= 15 is 0 Å². The molecule has 0 radical (unpaired) electrons. The Kier molecular flexibility index (Phi) is 2.99. The zero-order chi connectivity index (χ0) is 13.4. The number of hydrogen-bond acceptors (Lipinski definition) is 2. The fourth-order valence-corrected chi connectivity index (χ4v) is 2.64. The standard InChI is InChI=1S/C16H16FNO/c1-10-9-12(17)5-6-13(10)15(18)14-4-2-3-11-7-8-19-16(11)14/h2-6,9,15H,7-8,18H2,1H3. The van der Waals surface area contributed by atoms with Crippen molar-refractivity contribution in [1.82, 2.24) is 0 Å². The first-order valence-electron chi connectivity index (χ1n) is 6.43. The van der Waals surface area contributed by atoms with Gasteiger partial charge in [-0.25, -0.2) is 4.39 Å². The maximum absolute atomic E-state index is 13.2. The lowest BCUT2D eigenvalue weighted by Gasteiger charge is -2.18. The molecule has 0 aliphatic carbocycles. The number of benzene rings is 2. The van der Waals surface area contributed by atoms with Gasteiger partial charge in [-0.2, -0.15) is 0 Å². The van der Waals surface area contributed by atoms with E-state index in [-0.39, 0.29) is 11.9 Å². The lowest BCUT2D eigenvalue weighted by molar-refractivity contribution is 0.352. The molecule has 3 rings (SSSR count). The third kappa shape index (κ3) is 2.10. The largest absolute Gasteiger partial charge is 0.493 e. The van der Waals surface area contributed by atoms with Crippen LogP contribution in [-0.2, 0) is 6.42 Å². The summed E-state index contributed by atoms with van der Waals surface area (Å²) in [6.07, 6.45) is 0.929. The highest BCUT2D eigenvalue weighted by Gasteiger charge is 2.21. The van der Waals surface area contributed by atoms with Gasteiger partial charge >= 0.3 is 0 Å². The van der Waals surface area contributed by atoms with Gasteiger partial charge in [-0.05, 0) is 35.7 Å². The van der Waals surface area contributed by atoms with E-state index in [4.69, 9.17) is 10.5 Å². The van der Waals surface area contributed by atoms with Crippen molar-refractivity contribution in [2.75, 3.05) is 6.61 Å². The molecule has 0 fully saturated rings. The first kappa shape index (κ1) is 12.2. The molecule has 1 heterocycles. The van der Waals surface area contributed by atoms with Crippen LogP contribution < -0.4 is 10.5 Å². The Morgan fingerprint density at radius 1 is 1.21 bits per heavy atom. The van der Waals surface area contributed by atoms with Crippen LogP contribution in [0.1, 0.15) is 28.3 Å². The molecule has 0 amide bonds. The van der Waals surface area contributed by atoms with Crippen molar-refractivity contribution in [3.05, 3.63) is 64.5 Å². The van der Waals surface area contributed by atoms with Crippen molar-refractivity contribution >= 4 is 0 Å². The first-order valence-corrected chi connectivity index (χ1v) is 6.43. The zero-order valence-corrected chi connectivity index (χ0v) is 10.8. The van der Waals surface area contributed by atoms with E-state index in [9.17, 15) is 4.39 Å². The summed E-state index contributed by atoms with van der Waals surface area (Å²) < 4.78 is 18.8. The summed E-state index contributed by atoms with van der Waals surface area (Å²) in [5, 5.41) is 0. The Balaban J connectivity index is 2.05. The van der Waals surface area contributed by atoms with Crippen LogP contribution in [-0.4, -0.2) is 6.61 Å². The third-order valence-electron chi connectivity index (χ3n) is 3.65. The Labute approximate surface area is 112 Å². The Bertz CT molecular complexity index is 624. The summed E-state index contributed by atoms with van der Waals surface area (Å²) >= 11 is 0. The van der Waals surface area contributed by atoms with Gasteiger partial charge in [0.2, 0.25) is 0 Å². The van der Waals surface area contributed by atoms with Crippen LogP contribution in [0.5, 0.6) is 5.75 Å². The zero-order valence-electron chi connectivity index (χ0n) is 10.8. The highest BCUT2D eigenvalue weighted by molar-refractivity contribution is 5.49. The lowest BCUT2D eigenvalue weighted by atomic mass is 9.93. The van der Waals surface area contributed by atoms with Crippen molar-refractivity contribution in [2.45, 2.75) is 19.4 Å². The minimum absolute atomic E-state index is 0.233. The summed E-state index contributed by atoms with van der Waals surface area (Å²) in [6, 6.07) is 10.5. The number of halogens is 1. The van der Waals surface area contributed by atoms with Gasteiger partial charge in [0, 0.05) is 12.0 Å². The topological polar surface area (TPSA) is 35.2 Å². The monoisotopic (exact) mass is 257 g/mol. The molecule has 2 aromatic carbocycles. The van der Waals surface area contributed by atoms with E-state index in [1.807, 2.05) is 19.1 Å². The quantitative estimate of drug-likeness (QED) is 0.897. The van der Waals surface area contributed by atoms with Gasteiger partial charge in [0.25, 0.3) is 0 Å². The summed E-state index contributed by atoms with van der Waals surface area (Å²) in [5.74, 6) is 0.668. The smallest absolute Gasteiger partial charge is 0.127 e. The van der Waals surface area contributed by atoms with Gasteiger partial charge in [-0.15, -0.1) is 0 Å². The SMILES string of the molecule is Cc1cc(F)ccc1C(N)c1cccc2c1OCC2. The molecule has 3 heteroatoms. The second kappa shape index (κ2) is 4.67. The average Bonchev–Trinajstić information content (AvgIpc) is 2.86. The van der Waals surface area contributed by atoms with Crippen molar-refractivity contribution in [1.29, 1.82) is 0 Å². The number of nitrogens with two attached hydrogens (primary N) is 1. The second-order valence-electron chi connectivity index (χ2n) is 4.91. The van der Waals surface area contributed by atoms with E-state index in [0.29, 0.717) is 6.61 Å². The van der Waals surface area contributed by atoms with Crippen LogP contribution in [0.15, 0.2) is 36.4 Å². The predicted molar refractivity (Wildman–Crippen MR) is 72.8 cm³/mol. The Hall–Kier alpha value is -1.87. The van der Waals surface area contributed by atoms with Crippen LogP contribution in [0.3, 0.4) is 0 Å². The molecule has 2 N–H and O–H groups in total. The summed E-state index contributed by atoms with van der Waals surface area (Å²) in [7, 11) is 0. The summed E-state index contributed by atoms with van der Waals surface area (Å²) in [4.78, 5) is 0. The average molecular weight is 257 g/mol. The molecular weight excluding hydrogens is 241 g/mol. The fraction of sp³-hybridized carbons (Fsp3) is 0.250. The van der Waals surface area contributed by atoms with E-state index in [0.717, 1.165) is 28.9 Å². The molecule has 0 spiro atoms. The predicted octanol–water partition coefficient (Wildman–Crippen LogP) is 3.12. The van der Waals surface area contributed by atoms with Gasteiger partial charge < -0.3 is 10.5 Å². The highest BCUT2D eigenvalue weighted by Crippen LogP contribution is 2.35. The number of ether oxygens (including phenoxy) is 1. The Morgan fingerprint density at radius 3 is 2.84 bits per heavy atom. The molecule has 2 aromatic rings. The first-order chi connectivity index (χ1) is 9.16. The second-order valence-corrected chi connectivity index (χ2v) is 4.91. The number of rotatable bonds is 2. The molecule has 0 aromatic heterocycles. The summed E-state index contributed by atoms with van der Waals surface area (Å²) in [5.41, 5.74) is 10.3. The van der Waals surface area contributed by atoms with Gasteiger partial charge in [0.05, 0.1) is 12.6 Å². The molecule has 19 heavy (non-hydrogen) atoms. The normalized spacial score (nSPS) is 14.9. The molecule has 2 nitrogen and oxygen atoms in total. The van der Waals surface area contributed by atoms with Crippen molar-refractivity contribution in [3.63, 3.8) is 0 Å². The van der Waals surface area contributed by atoms with Gasteiger partial charge in [-0.1, -0.05) is 24.3 Å². The molecule has 1 aliphatic heterocycles. The molecule has 0 bridgehead atoms. The number of fused-ring (bicyclic) bond motifs is 1. The van der Waals surface area contributed by atoms with Crippen LogP contribution in [0, 0.1) is 12.7 Å². The van der Waals surface area contributed by atoms with Crippen LogP contribution in [0.25, 0.3) is 0 Å². The van der Waals surface area contributed by atoms with Crippen molar-refractivity contribution in [3.8, 4) is 5.75 Å². The molecule has 1 unspecified atom stereocenters. The van der Waals surface area contributed by atoms with E-state index in [2.05, 4.69) is 6.07 Å². The van der Waals surface area contributed by atoms with Crippen LogP contribution in [0.2, 0.25) is 0 Å². The number of para-hydroxylation sites is 1. The number of aryl methyl sites for hydroxylation is 1. The van der Waals surface area contributed by atoms with Crippen molar-refractivity contribution < 1.29 is 9.13 Å². The summed E-state index contributed by atoms with van der Waals surface area (Å²) in [6.45, 7) is 2.59. The van der Waals surface area contributed by atoms with Crippen molar-refractivity contribution in [2.24, 2.45) is 5.73 Å². The Morgan fingerprint density at radius 2 is 2.05 bits per heavy atom. The fourth-order valence-electron chi connectivity index (χ4n) is 2.64. The molecule has 1 aliphatic rings. The molecular formula is C16H16FNO. The van der Waals surface area contributed by atoms with Gasteiger partial charge in [0.1, 0.15) is 11.6 Å². The maximum Gasteiger partial charge on any atom is 0.127 e. The molecule has 1 atom stereocenters. The lowest BCUT2D eigenvalue weighted by Crippen LogP contribution is -2.14. The van der Waals surface area contributed by atoms with Gasteiger partial charge in [0.15, 0.2) is 0 Å². The van der Waals surface area contributed by atoms with Crippen LogP contribution >= 0.6 is 0 Å². The number of hydrogen-bond donors (Lipinski definition) is 1. The van der Waals surface area contributed by atoms with E-state index < -0.39 is 0 Å². The minimum Gasteiger partial charge on any atom is -0.493 e. The highest BCUT2D eigenvalue weighted by atomic mass is 19.1. The third-order valence-corrected chi connectivity index (χ3v) is 3.65. The maximum atomic E-state index is 13.2. The minimum atomic E-state index is -0.284. The molecule has 98 valence electrons. The molecule has 0 saturated heterocycles. The van der Waals surface area contributed by atoms with E-state index in [1.165, 1.54) is 17.7 Å². The van der Waals surface area contributed by atoms with Crippen LogP contribution in [0.4, 0.5) is 4.39 Å².